The number of hydrogen-bond acceptors (Lipinski definition) is 11. The molecule has 0 spiro atoms. The van der Waals surface area contributed by atoms with Gasteiger partial charge < -0.3 is 39.1 Å². The molecule has 14 nitrogen and oxygen atoms in total. The third kappa shape index (κ3) is 20.4. The molecular formula is C28H42N4O10. The molecule has 1 aromatic rings. The van der Waals surface area contributed by atoms with Crippen LogP contribution in [-0.2, 0) is 47.6 Å². The first kappa shape index (κ1) is 36.5. The lowest BCUT2D eigenvalue weighted by Crippen LogP contribution is -2.28. The molecule has 1 aromatic carbocycles. The summed E-state index contributed by atoms with van der Waals surface area (Å²) in [5.74, 6) is -1.15. The third-order valence-corrected chi connectivity index (χ3v) is 5.07. The summed E-state index contributed by atoms with van der Waals surface area (Å²) in [4.78, 5) is 45.5. The number of amides is 3. The van der Waals surface area contributed by atoms with Gasteiger partial charge in [-0.2, -0.15) is 5.10 Å². The van der Waals surface area contributed by atoms with Crippen LogP contribution in [0.3, 0.4) is 0 Å². The summed E-state index contributed by atoms with van der Waals surface area (Å²) in [6, 6.07) is 6.92. The Bertz CT molecular complexity index is 970. The summed E-state index contributed by atoms with van der Waals surface area (Å²) < 4.78 is 31.7. The van der Waals surface area contributed by atoms with Gasteiger partial charge in [-0.25, -0.2) is 5.43 Å². The Morgan fingerprint density at radius 1 is 0.786 bits per heavy atom. The molecule has 0 aliphatic heterocycles. The molecule has 3 N–H and O–H groups in total. The summed E-state index contributed by atoms with van der Waals surface area (Å²) >= 11 is 0. The summed E-state index contributed by atoms with van der Waals surface area (Å²) in [5.41, 5.74) is 4.30. The van der Waals surface area contributed by atoms with Gasteiger partial charge in [0, 0.05) is 31.8 Å². The number of hydrogen-bond donors (Lipinski definition) is 3. The molecule has 42 heavy (non-hydrogen) atoms. The molecule has 0 aliphatic rings. The molecule has 0 saturated heterocycles. The number of methoxy groups -OCH3 is 1. The largest absolute Gasteiger partial charge is 0.382 e. The van der Waals surface area contributed by atoms with E-state index in [1.54, 1.807) is 38.3 Å². The summed E-state index contributed by atoms with van der Waals surface area (Å²) in [7, 11) is 1.62. The first-order valence-electron chi connectivity index (χ1n) is 13.5. The van der Waals surface area contributed by atoms with E-state index in [2.05, 4.69) is 21.2 Å². The van der Waals surface area contributed by atoms with Crippen molar-refractivity contribution in [3.8, 4) is 0 Å². The zero-order chi connectivity index (χ0) is 30.7. The SMILES string of the molecule is COCCOCCOCCOCCOCCOCC(=O)Nc1ccc(/C(C)=N/NC(=O)CCNC(=O)/C=C\C=O)cc1. The average Bonchev–Trinajstić information content (AvgIpc) is 2.99. The van der Waals surface area contributed by atoms with E-state index in [0.29, 0.717) is 77.1 Å². The first-order valence-corrected chi connectivity index (χ1v) is 13.5. The van der Waals surface area contributed by atoms with Gasteiger partial charge >= 0.3 is 0 Å². The first-order chi connectivity index (χ1) is 20.5. The maximum Gasteiger partial charge on any atom is 0.250 e. The van der Waals surface area contributed by atoms with Crippen LogP contribution in [0.4, 0.5) is 5.69 Å². The zero-order valence-electron chi connectivity index (χ0n) is 24.3. The fourth-order valence-corrected chi connectivity index (χ4v) is 2.93. The topological polar surface area (TPSA) is 172 Å². The van der Waals surface area contributed by atoms with Gasteiger partial charge in [-0.05, 0) is 30.7 Å². The van der Waals surface area contributed by atoms with Crippen LogP contribution in [0.5, 0.6) is 0 Å². The van der Waals surface area contributed by atoms with Crippen LogP contribution in [0.15, 0.2) is 41.5 Å². The number of aldehydes is 1. The minimum Gasteiger partial charge on any atom is -0.382 e. The lowest BCUT2D eigenvalue weighted by molar-refractivity contribution is -0.122. The van der Waals surface area contributed by atoms with Gasteiger partial charge in [-0.15, -0.1) is 0 Å². The van der Waals surface area contributed by atoms with Crippen molar-refractivity contribution >= 4 is 35.4 Å². The summed E-state index contributed by atoms with van der Waals surface area (Å²) in [5, 5.41) is 9.25. The van der Waals surface area contributed by atoms with Crippen molar-refractivity contribution in [1.82, 2.24) is 10.7 Å². The Hall–Kier alpha value is -3.53. The number of rotatable bonds is 25. The number of nitrogens with one attached hydrogen (secondary N) is 3. The highest BCUT2D eigenvalue weighted by Gasteiger charge is 2.05. The van der Waals surface area contributed by atoms with E-state index in [9.17, 15) is 19.2 Å². The van der Waals surface area contributed by atoms with E-state index >= 15 is 0 Å². The second-order valence-corrected chi connectivity index (χ2v) is 8.39. The second kappa shape index (κ2) is 25.2. The van der Waals surface area contributed by atoms with Gasteiger partial charge in [-0.1, -0.05) is 12.1 Å². The van der Waals surface area contributed by atoms with Gasteiger partial charge in [0.05, 0.1) is 71.8 Å². The Morgan fingerprint density at radius 3 is 1.88 bits per heavy atom. The standard InChI is InChI=1S/C28H42N4O10/c1-23(31-32-27(35)9-10-29-26(34)4-3-11-33)24-5-7-25(8-6-24)30-28(36)22-42-21-20-41-19-18-40-17-16-39-15-14-38-13-12-37-2/h3-8,11H,9-10,12-22H2,1-2H3,(H,29,34)(H,30,36)(H,32,35)/b4-3-,31-23+. The van der Waals surface area contributed by atoms with Crippen LogP contribution in [-0.4, -0.2) is 116 Å². The van der Waals surface area contributed by atoms with E-state index in [-0.39, 0.29) is 38.0 Å². The van der Waals surface area contributed by atoms with Crippen LogP contribution in [0.25, 0.3) is 0 Å². The number of allylic oxidation sites excluding steroid dienone is 1. The normalized spacial score (nSPS) is 11.4. The Morgan fingerprint density at radius 2 is 1.33 bits per heavy atom. The molecule has 0 saturated carbocycles. The van der Waals surface area contributed by atoms with E-state index in [4.69, 9.17) is 28.4 Å². The van der Waals surface area contributed by atoms with Crippen LogP contribution < -0.4 is 16.1 Å². The number of nitrogens with zero attached hydrogens (tertiary/aromatic N) is 1. The quantitative estimate of drug-likeness (QED) is 0.0475. The molecule has 14 heteroatoms. The van der Waals surface area contributed by atoms with Gasteiger partial charge in [0.25, 0.3) is 0 Å². The predicted octanol–water partition coefficient (Wildman–Crippen LogP) is 0.456. The molecule has 0 bridgehead atoms. The van der Waals surface area contributed by atoms with Crippen molar-refractivity contribution in [2.24, 2.45) is 5.10 Å². The monoisotopic (exact) mass is 594 g/mol. The van der Waals surface area contributed by atoms with Crippen molar-refractivity contribution in [2.45, 2.75) is 13.3 Å². The highest BCUT2D eigenvalue weighted by molar-refractivity contribution is 6.00. The molecule has 3 amide bonds. The lowest BCUT2D eigenvalue weighted by atomic mass is 10.1. The molecule has 0 atom stereocenters. The van der Waals surface area contributed by atoms with Crippen LogP contribution >= 0.6 is 0 Å². The van der Waals surface area contributed by atoms with Crippen LogP contribution in [0.1, 0.15) is 18.9 Å². The number of carbonyl (C=O) groups is 4. The molecule has 0 radical (unpaired) electrons. The summed E-state index contributed by atoms with van der Waals surface area (Å²) in [6.45, 7) is 6.25. The Kier molecular flexibility index (Phi) is 21.9. The number of carbonyl (C=O) groups excluding carboxylic acids is 4. The molecule has 0 aromatic heterocycles. The molecule has 0 fully saturated rings. The van der Waals surface area contributed by atoms with E-state index in [0.717, 1.165) is 17.7 Å². The van der Waals surface area contributed by atoms with Crippen LogP contribution in [0, 0.1) is 0 Å². The molecule has 0 aliphatic carbocycles. The molecular weight excluding hydrogens is 552 g/mol. The van der Waals surface area contributed by atoms with Gasteiger partial charge in [-0.3, -0.25) is 19.2 Å². The maximum absolute atomic E-state index is 12.1. The van der Waals surface area contributed by atoms with Crippen molar-refractivity contribution in [1.29, 1.82) is 0 Å². The number of benzene rings is 1. The molecule has 0 heterocycles. The summed E-state index contributed by atoms with van der Waals surface area (Å²) in [6.07, 6.45) is 2.65. The van der Waals surface area contributed by atoms with E-state index in [1.165, 1.54) is 0 Å². The minimum atomic E-state index is -0.463. The smallest absolute Gasteiger partial charge is 0.250 e. The molecule has 234 valence electrons. The van der Waals surface area contributed by atoms with Crippen molar-refractivity contribution in [3.63, 3.8) is 0 Å². The zero-order valence-corrected chi connectivity index (χ0v) is 24.3. The van der Waals surface area contributed by atoms with Gasteiger partial charge in [0.2, 0.25) is 17.7 Å². The molecule has 0 unspecified atom stereocenters. The van der Waals surface area contributed by atoms with Crippen molar-refractivity contribution in [2.75, 3.05) is 91.6 Å². The molecule has 1 rings (SSSR count). The fourth-order valence-electron chi connectivity index (χ4n) is 2.93. The highest BCUT2D eigenvalue weighted by Crippen LogP contribution is 2.10. The van der Waals surface area contributed by atoms with Crippen molar-refractivity contribution < 1.29 is 47.6 Å². The van der Waals surface area contributed by atoms with Gasteiger partial charge in [0.1, 0.15) is 12.9 Å². The van der Waals surface area contributed by atoms with E-state index < -0.39 is 5.91 Å². The predicted molar refractivity (Wildman–Crippen MR) is 154 cm³/mol. The second-order valence-electron chi connectivity index (χ2n) is 8.39. The lowest BCUT2D eigenvalue weighted by Gasteiger charge is -2.09. The minimum absolute atomic E-state index is 0.0223. The average molecular weight is 595 g/mol. The Labute approximate surface area is 246 Å². The highest BCUT2D eigenvalue weighted by atomic mass is 16.6. The van der Waals surface area contributed by atoms with Gasteiger partial charge in [0.15, 0.2) is 0 Å². The van der Waals surface area contributed by atoms with Crippen molar-refractivity contribution in [3.05, 3.63) is 42.0 Å². The third-order valence-electron chi connectivity index (χ3n) is 5.07. The number of hydrazone groups is 1. The number of ether oxygens (including phenoxy) is 6. The fraction of sp³-hybridized carbons (Fsp3) is 0.536. The van der Waals surface area contributed by atoms with Crippen LogP contribution in [0.2, 0.25) is 0 Å². The van der Waals surface area contributed by atoms with E-state index in [1.807, 2.05) is 0 Å². The number of anilines is 1. The maximum atomic E-state index is 12.1. The Balaban J connectivity index is 2.09.